The molecule has 1 aliphatic carbocycles. The van der Waals surface area contributed by atoms with E-state index in [1.54, 1.807) is 0 Å². The number of hydrogen-bond acceptors (Lipinski definition) is 5. The molecule has 10 heteroatoms. The number of likely N-dealkylation sites (tertiary alicyclic amines) is 1. The second-order valence-electron chi connectivity index (χ2n) is 12.5. The van der Waals surface area contributed by atoms with Crippen LogP contribution >= 0.6 is 0 Å². The fraction of sp³-hybridized carbons (Fsp3) is 0.353. The zero-order valence-electron chi connectivity index (χ0n) is 25.2. The Balaban J connectivity index is 1.24. The second-order valence-corrected chi connectivity index (χ2v) is 14.4. The van der Waals surface area contributed by atoms with Crippen LogP contribution in [0.4, 0.5) is 0 Å². The maximum atomic E-state index is 13.3. The second kappa shape index (κ2) is 11.2. The van der Waals surface area contributed by atoms with Gasteiger partial charge in [0.25, 0.3) is 5.91 Å². The summed E-state index contributed by atoms with van der Waals surface area (Å²) in [4.78, 5) is 15.1. The van der Waals surface area contributed by atoms with Gasteiger partial charge in [-0.2, -0.15) is 5.10 Å². The Morgan fingerprint density at radius 3 is 2.50 bits per heavy atom. The lowest BCUT2D eigenvalue weighted by atomic mass is 10.0. The molecule has 1 saturated heterocycles. The van der Waals surface area contributed by atoms with Crippen molar-refractivity contribution in [3.05, 3.63) is 83.6 Å². The highest BCUT2D eigenvalue weighted by molar-refractivity contribution is 7.88. The van der Waals surface area contributed by atoms with Crippen molar-refractivity contribution in [2.75, 3.05) is 19.3 Å². The molecular weight excluding hydrogens is 572 g/mol. The normalized spacial score (nSPS) is 17.5. The van der Waals surface area contributed by atoms with Crippen LogP contribution in [0.2, 0.25) is 0 Å². The Bertz CT molecular complexity index is 1990. The van der Waals surface area contributed by atoms with E-state index in [1.165, 1.54) is 24.6 Å². The number of fused-ring (bicyclic) bond motifs is 2. The third-order valence-electron chi connectivity index (χ3n) is 8.98. The van der Waals surface area contributed by atoms with Crippen molar-refractivity contribution in [2.45, 2.75) is 51.7 Å². The number of piperidine rings is 1. The van der Waals surface area contributed by atoms with Crippen molar-refractivity contribution < 1.29 is 13.2 Å². The summed E-state index contributed by atoms with van der Waals surface area (Å²) in [6.45, 7) is 4.64. The summed E-state index contributed by atoms with van der Waals surface area (Å²) >= 11 is 0. The third kappa shape index (κ3) is 5.77. The minimum absolute atomic E-state index is 0.00632. The molecule has 3 N–H and O–H groups in total. The molecule has 3 aromatic heterocycles. The molecule has 7 rings (SSSR count). The molecular formula is C34H38N6O3S. The van der Waals surface area contributed by atoms with Crippen molar-refractivity contribution in [1.29, 1.82) is 0 Å². The number of nitrogens with two attached hydrogens (primary N) is 1. The molecule has 0 spiro atoms. The fourth-order valence-electron chi connectivity index (χ4n) is 6.33. The predicted molar refractivity (Wildman–Crippen MR) is 174 cm³/mol. The van der Waals surface area contributed by atoms with Crippen molar-refractivity contribution in [2.24, 2.45) is 11.7 Å². The van der Waals surface area contributed by atoms with Gasteiger partial charge < -0.3 is 15.2 Å². The summed E-state index contributed by atoms with van der Waals surface area (Å²) in [5.74, 6) is 0.666. The summed E-state index contributed by atoms with van der Waals surface area (Å²) in [5, 5.41) is 6.21. The molecule has 1 saturated carbocycles. The van der Waals surface area contributed by atoms with Crippen LogP contribution in [0.5, 0.6) is 0 Å². The van der Waals surface area contributed by atoms with Gasteiger partial charge in [-0.15, -0.1) is 0 Å². The average molecular weight is 611 g/mol. The zero-order valence-corrected chi connectivity index (χ0v) is 26.0. The number of amides is 1. The molecule has 0 unspecified atom stereocenters. The molecule has 1 aliphatic heterocycles. The summed E-state index contributed by atoms with van der Waals surface area (Å²) in [5.41, 5.74) is 15.1. The minimum atomic E-state index is -3.24. The number of aromatic nitrogens is 3. The van der Waals surface area contributed by atoms with Crippen molar-refractivity contribution >= 4 is 32.4 Å². The van der Waals surface area contributed by atoms with E-state index < -0.39 is 10.0 Å². The van der Waals surface area contributed by atoms with Crippen LogP contribution in [0.1, 0.15) is 47.2 Å². The minimum Gasteiger partial charge on any atom is -0.339 e. The number of carbonyl (C=O) groups excluding carboxylic acids is 1. The number of aryl methyl sites for hydroxylation is 1. The Morgan fingerprint density at radius 2 is 1.77 bits per heavy atom. The van der Waals surface area contributed by atoms with Gasteiger partial charge in [-0.25, -0.2) is 17.7 Å². The van der Waals surface area contributed by atoms with Crippen LogP contribution < -0.4 is 10.5 Å². The van der Waals surface area contributed by atoms with E-state index in [0.29, 0.717) is 18.0 Å². The van der Waals surface area contributed by atoms with Gasteiger partial charge in [0.15, 0.2) is 0 Å². The Labute approximate surface area is 257 Å². The fourth-order valence-corrected chi connectivity index (χ4v) is 6.76. The number of pyridine rings is 1. The van der Waals surface area contributed by atoms with Crippen molar-refractivity contribution in [1.82, 2.24) is 23.8 Å². The topological polar surface area (TPSA) is 115 Å². The summed E-state index contributed by atoms with van der Waals surface area (Å²) < 4.78 is 29.8. The van der Waals surface area contributed by atoms with Crippen molar-refractivity contribution in [3.63, 3.8) is 0 Å². The number of rotatable bonds is 8. The first kappa shape index (κ1) is 28.8. The van der Waals surface area contributed by atoms with Crippen LogP contribution in [0.3, 0.4) is 0 Å². The highest BCUT2D eigenvalue weighted by Gasteiger charge is 2.27. The molecule has 1 atom stereocenters. The van der Waals surface area contributed by atoms with Gasteiger partial charge in [-0.1, -0.05) is 36.4 Å². The standard InChI is InChI=1S/C34H38N6O3S/c1-22-30-14-13-28(34(41)38-15-3-4-29(35)21-38)20-40(30)37-33(22)32-17-27-12-11-26(16-31(27)39(32)19-24-5-6-24)25-9-7-23(8-10-25)18-36-44(2,42)43/h7-14,16-17,20,24,29,36H,3-6,15,18-19,21,35H2,1-2H3/t29-/m1/s1. The molecule has 4 heterocycles. The molecule has 5 aromatic rings. The van der Waals surface area contributed by atoms with E-state index in [1.807, 2.05) is 52.0 Å². The van der Waals surface area contributed by atoms with E-state index in [2.05, 4.69) is 40.5 Å². The number of hydrogen-bond donors (Lipinski definition) is 2. The van der Waals surface area contributed by atoms with Gasteiger partial charge in [0, 0.05) is 54.9 Å². The van der Waals surface area contributed by atoms with Gasteiger partial charge in [0.05, 0.1) is 23.0 Å². The van der Waals surface area contributed by atoms with Crippen LogP contribution in [-0.2, 0) is 23.1 Å². The summed E-state index contributed by atoms with van der Waals surface area (Å²) in [6, 6.07) is 20.7. The maximum absolute atomic E-state index is 13.3. The summed E-state index contributed by atoms with van der Waals surface area (Å²) in [7, 11) is -3.24. The average Bonchev–Trinajstić information content (AvgIpc) is 3.69. The van der Waals surface area contributed by atoms with E-state index in [-0.39, 0.29) is 18.5 Å². The Morgan fingerprint density at radius 1 is 1.00 bits per heavy atom. The van der Waals surface area contributed by atoms with Crippen LogP contribution in [0.15, 0.2) is 66.9 Å². The Kier molecular flexibility index (Phi) is 7.31. The SMILES string of the molecule is Cc1c(-c2cc3ccc(-c4ccc(CNS(C)(=O)=O)cc4)cc3n2CC2CC2)nn2cc(C(=O)N3CCC[C@@H](N)C3)ccc12. The Hall–Kier alpha value is -3.99. The predicted octanol–water partition coefficient (Wildman–Crippen LogP) is 4.95. The monoisotopic (exact) mass is 610 g/mol. The largest absolute Gasteiger partial charge is 0.339 e. The zero-order chi connectivity index (χ0) is 30.6. The molecule has 9 nitrogen and oxygen atoms in total. The lowest BCUT2D eigenvalue weighted by Crippen LogP contribution is -2.45. The molecule has 2 fully saturated rings. The molecule has 0 bridgehead atoms. The number of nitrogens with zero attached hydrogens (tertiary/aromatic N) is 4. The van der Waals surface area contributed by atoms with Gasteiger partial charge in [-0.05, 0) is 79.5 Å². The van der Waals surface area contributed by atoms with Gasteiger partial charge >= 0.3 is 0 Å². The first-order chi connectivity index (χ1) is 21.1. The lowest BCUT2D eigenvalue weighted by molar-refractivity contribution is 0.0708. The van der Waals surface area contributed by atoms with E-state index >= 15 is 0 Å². The maximum Gasteiger partial charge on any atom is 0.255 e. The smallest absolute Gasteiger partial charge is 0.255 e. The number of benzene rings is 2. The van der Waals surface area contributed by atoms with E-state index in [0.717, 1.165) is 70.5 Å². The van der Waals surface area contributed by atoms with Crippen molar-refractivity contribution in [3.8, 4) is 22.5 Å². The number of carbonyl (C=O) groups is 1. The molecule has 44 heavy (non-hydrogen) atoms. The first-order valence-corrected chi connectivity index (χ1v) is 17.2. The molecule has 2 aliphatic rings. The number of sulfonamides is 1. The van der Waals surface area contributed by atoms with Gasteiger partial charge in [0.1, 0.15) is 5.69 Å². The molecule has 2 aromatic carbocycles. The summed E-state index contributed by atoms with van der Waals surface area (Å²) in [6.07, 6.45) is 7.38. The van der Waals surface area contributed by atoms with Crippen LogP contribution in [-0.4, -0.2) is 58.8 Å². The van der Waals surface area contributed by atoms with Crippen LogP contribution in [0, 0.1) is 12.8 Å². The molecule has 0 radical (unpaired) electrons. The van der Waals surface area contributed by atoms with Crippen LogP contribution in [0.25, 0.3) is 38.9 Å². The van der Waals surface area contributed by atoms with E-state index in [4.69, 9.17) is 10.8 Å². The van der Waals surface area contributed by atoms with Gasteiger partial charge in [-0.3, -0.25) is 4.79 Å². The van der Waals surface area contributed by atoms with Gasteiger partial charge in [0.2, 0.25) is 10.0 Å². The molecule has 228 valence electrons. The van der Waals surface area contributed by atoms with E-state index in [9.17, 15) is 13.2 Å². The quantitative estimate of drug-likeness (QED) is 0.258. The highest BCUT2D eigenvalue weighted by atomic mass is 32.2. The first-order valence-electron chi connectivity index (χ1n) is 15.3. The molecule has 1 amide bonds. The third-order valence-corrected chi connectivity index (χ3v) is 9.65. The lowest BCUT2D eigenvalue weighted by Gasteiger charge is -2.30. The number of nitrogens with one attached hydrogen (secondary N) is 1. The highest BCUT2D eigenvalue weighted by Crippen LogP contribution is 2.38.